The number of hydrogen-bond donors (Lipinski definition) is 2. The molecule has 3 atom stereocenters. The van der Waals surface area contributed by atoms with E-state index < -0.39 is 41.4 Å². The number of carbonyl (C=O) groups is 4. The van der Waals surface area contributed by atoms with Gasteiger partial charge >= 0.3 is 11.9 Å². The van der Waals surface area contributed by atoms with Gasteiger partial charge in [-0.15, -0.1) is 0 Å². The van der Waals surface area contributed by atoms with Crippen molar-refractivity contribution < 1.29 is 33.8 Å². The van der Waals surface area contributed by atoms with Crippen molar-refractivity contribution in [3.63, 3.8) is 0 Å². The molecule has 3 rings (SSSR count). The highest BCUT2D eigenvalue weighted by molar-refractivity contribution is 6.55. The van der Waals surface area contributed by atoms with E-state index in [-0.39, 0.29) is 56.9 Å². The Bertz CT molecular complexity index is 1280. The van der Waals surface area contributed by atoms with Gasteiger partial charge < -0.3 is 24.8 Å². The molecule has 0 unspecified atom stereocenters. The molecular weight excluding hydrogens is 630 g/mol. The van der Waals surface area contributed by atoms with E-state index in [1.165, 1.54) is 11.8 Å². The van der Waals surface area contributed by atoms with Crippen LogP contribution in [-0.4, -0.2) is 64.6 Å². The first-order valence-corrected chi connectivity index (χ1v) is 14.0. The second-order valence-electron chi connectivity index (χ2n) is 9.02. The molecule has 2 N–H and O–H groups in total. The molecule has 40 heavy (non-hydrogen) atoms. The van der Waals surface area contributed by atoms with Gasteiger partial charge in [0.1, 0.15) is 22.1 Å². The molecule has 9 nitrogen and oxygen atoms in total. The maximum absolute atomic E-state index is 13.8. The topological polar surface area (TPSA) is 122 Å². The van der Waals surface area contributed by atoms with Crippen molar-refractivity contribution in [1.82, 2.24) is 10.2 Å². The lowest BCUT2D eigenvalue weighted by Crippen LogP contribution is -2.59. The SMILES string of the molecule is CCOC(=O)[C@](C)(O)C(=O)N[C@@H](Cc1ccccc1)C(=O)N1CCC[C@H]1C(=O)Oc1c(Cl)c(Cl)c(Cl)c(Cl)c1Cl. The van der Waals surface area contributed by atoms with Crippen molar-refractivity contribution in [3.8, 4) is 5.75 Å². The maximum Gasteiger partial charge on any atom is 0.347 e. The van der Waals surface area contributed by atoms with Gasteiger partial charge in [0.15, 0.2) is 5.75 Å². The number of amides is 2. The van der Waals surface area contributed by atoms with Crippen LogP contribution < -0.4 is 10.1 Å². The molecule has 0 radical (unpaired) electrons. The lowest BCUT2D eigenvalue weighted by Gasteiger charge is -2.30. The molecule has 0 saturated carbocycles. The first-order chi connectivity index (χ1) is 18.8. The first-order valence-electron chi connectivity index (χ1n) is 12.1. The Hall–Kier alpha value is -2.27. The van der Waals surface area contributed by atoms with Gasteiger partial charge in [-0.25, -0.2) is 9.59 Å². The van der Waals surface area contributed by atoms with E-state index in [9.17, 15) is 24.3 Å². The summed E-state index contributed by atoms with van der Waals surface area (Å²) in [5, 5.41) is 12.0. The van der Waals surface area contributed by atoms with Crippen LogP contribution in [0.5, 0.6) is 5.75 Å². The summed E-state index contributed by atoms with van der Waals surface area (Å²) >= 11 is 30.5. The number of nitrogens with one attached hydrogen (secondary N) is 1. The van der Waals surface area contributed by atoms with Gasteiger partial charge in [-0.05, 0) is 32.3 Å². The van der Waals surface area contributed by atoms with E-state index >= 15 is 0 Å². The fourth-order valence-corrected chi connectivity index (χ4v) is 5.23. The lowest BCUT2D eigenvalue weighted by atomic mass is 10.0. The van der Waals surface area contributed by atoms with Crippen LogP contribution in [0.1, 0.15) is 32.3 Å². The zero-order valence-corrected chi connectivity index (χ0v) is 25.1. The van der Waals surface area contributed by atoms with Crippen LogP contribution in [0.25, 0.3) is 0 Å². The van der Waals surface area contributed by atoms with Gasteiger partial charge in [0.2, 0.25) is 11.5 Å². The standard InChI is InChI=1S/C26H25Cl5N2O7/c1-3-39-25(37)26(2,38)24(36)32-14(12-13-8-5-4-6-9-13)22(34)33-11-7-10-15(33)23(35)40-21-19(30)17(28)16(27)18(29)20(21)31/h4-6,8-9,14-15,38H,3,7,10-12H2,1-2H3,(H,32,36)/t14-,15-,26+/m0/s1. The van der Waals surface area contributed by atoms with Crippen LogP contribution in [-0.2, 0) is 30.3 Å². The summed E-state index contributed by atoms with van der Waals surface area (Å²) in [5.74, 6) is -4.13. The molecule has 1 heterocycles. The minimum atomic E-state index is -2.56. The number of rotatable bonds is 9. The average Bonchev–Trinajstić information content (AvgIpc) is 3.43. The number of hydrogen-bond acceptors (Lipinski definition) is 7. The van der Waals surface area contributed by atoms with Crippen LogP contribution in [0.4, 0.5) is 0 Å². The van der Waals surface area contributed by atoms with Crippen LogP contribution in [0.15, 0.2) is 30.3 Å². The Labute approximate surface area is 255 Å². The number of carbonyl (C=O) groups excluding carboxylic acids is 4. The predicted molar refractivity (Wildman–Crippen MR) is 151 cm³/mol. The van der Waals surface area contributed by atoms with E-state index in [1.807, 2.05) is 0 Å². The quantitative estimate of drug-likeness (QED) is 0.130. The average molecular weight is 655 g/mol. The summed E-state index contributed by atoms with van der Waals surface area (Å²) in [6.07, 6.45) is 0.686. The van der Waals surface area contributed by atoms with Gasteiger partial charge in [0, 0.05) is 13.0 Å². The van der Waals surface area contributed by atoms with E-state index in [0.717, 1.165) is 6.92 Å². The molecule has 0 bridgehead atoms. The van der Waals surface area contributed by atoms with Crippen molar-refractivity contribution >= 4 is 81.8 Å². The molecule has 2 aromatic rings. The summed E-state index contributed by atoms with van der Waals surface area (Å²) in [4.78, 5) is 53.3. The molecule has 1 aliphatic rings. The number of nitrogens with zero attached hydrogens (tertiary/aromatic N) is 1. The maximum atomic E-state index is 13.8. The Kier molecular flexibility index (Phi) is 11.0. The molecule has 14 heteroatoms. The van der Waals surface area contributed by atoms with Crippen LogP contribution in [0.2, 0.25) is 25.1 Å². The third kappa shape index (κ3) is 6.95. The minimum Gasteiger partial charge on any atom is -0.463 e. The molecule has 0 spiro atoms. The molecule has 0 aromatic heterocycles. The second kappa shape index (κ2) is 13.6. The largest absolute Gasteiger partial charge is 0.463 e. The zero-order valence-electron chi connectivity index (χ0n) is 21.3. The van der Waals surface area contributed by atoms with E-state index in [0.29, 0.717) is 12.0 Å². The fraction of sp³-hybridized carbons (Fsp3) is 0.385. The molecule has 2 amide bonds. The molecular formula is C26H25Cl5N2O7. The van der Waals surface area contributed by atoms with Crippen LogP contribution >= 0.6 is 58.0 Å². The van der Waals surface area contributed by atoms with Crippen molar-refractivity contribution in [2.45, 2.75) is 50.8 Å². The number of ether oxygens (including phenoxy) is 2. The Morgan fingerprint density at radius 3 is 2.17 bits per heavy atom. The number of benzene rings is 2. The third-order valence-electron chi connectivity index (χ3n) is 6.18. The Morgan fingerprint density at radius 2 is 1.60 bits per heavy atom. The smallest absolute Gasteiger partial charge is 0.347 e. The van der Waals surface area contributed by atoms with Crippen molar-refractivity contribution in [2.75, 3.05) is 13.2 Å². The molecule has 0 aliphatic carbocycles. The third-order valence-corrected chi connectivity index (χ3v) is 8.42. The Morgan fingerprint density at radius 1 is 1.02 bits per heavy atom. The van der Waals surface area contributed by atoms with Crippen molar-refractivity contribution in [1.29, 1.82) is 0 Å². The predicted octanol–water partition coefficient (Wildman–Crippen LogP) is 4.89. The van der Waals surface area contributed by atoms with Crippen LogP contribution in [0, 0.1) is 0 Å². The number of esters is 2. The second-order valence-corrected chi connectivity index (χ2v) is 10.9. The van der Waals surface area contributed by atoms with Gasteiger partial charge in [-0.3, -0.25) is 9.59 Å². The minimum absolute atomic E-state index is 0.00262. The van der Waals surface area contributed by atoms with Crippen molar-refractivity contribution in [2.24, 2.45) is 0 Å². The monoisotopic (exact) mass is 652 g/mol. The molecule has 1 aliphatic heterocycles. The highest BCUT2D eigenvalue weighted by Crippen LogP contribution is 2.48. The zero-order chi connectivity index (χ0) is 29.8. The van der Waals surface area contributed by atoms with E-state index in [2.05, 4.69) is 5.32 Å². The summed E-state index contributed by atoms with van der Waals surface area (Å²) in [7, 11) is 0. The molecule has 2 aromatic carbocycles. The summed E-state index contributed by atoms with van der Waals surface area (Å²) < 4.78 is 10.2. The van der Waals surface area contributed by atoms with Gasteiger partial charge in [-0.2, -0.15) is 0 Å². The van der Waals surface area contributed by atoms with E-state index in [1.54, 1.807) is 30.3 Å². The molecule has 216 valence electrons. The summed E-state index contributed by atoms with van der Waals surface area (Å²) in [6, 6.07) is 6.43. The molecule has 1 saturated heterocycles. The van der Waals surface area contributed by atoms with E-state index in [4.69, 9.17) is 67.5 Å². The highest BCUT2D eigenvalue weighted by atomic mass is 35.5. The fourth-order valence-electron chi connectivity index (χ4n) is 4.03. The number of aliphatic hydroxyl groups is 1. The molecule has 1 fully saturated rings. The number of halogens is 5. The number of likely N-dealkylation sites (tertiary alicyclic amines) is 1. The normalized spacial score (nSPS) is 17.1. The first kappa shape index (κ1) is 32.2. The highest BCUT2D eigenvalue weighted by Gasteiger charge is 2.44. The lowest BCUT2D eigenvalue weighted by molar-refractivity contribution is -0.170. The van der Waals surface area contributed by atoms with Gasteiger partial charge in [0.25, 0.3) is 5.91 Å². The summed E-state index contributed by atoms with van der Waals surface area (Å²) in [5.41, 5.74) is -1.88. The van der Waals surface area contributed by atoms with Crippen LogP contribution in [0.3, 0.4) is 0 Å². The summed E-state index contributed by atoms with van der Waals surface area (Å²) in [6.45, 7) is 2.59. The van der Waals surface area contributed by atoms with Gasteiger partial charge in [-0.1, -0.05) is 88.3 Å². The Balaban J connectivity index is 1.88. The van der Waals surface area contributed by atoms with Gasteiger partial charge in [0.05, 0.1) is 21.7 Å². The van der Waals surface area contributed by atoms with Crippen molar-refractivity contribution in [3.05, 3.63) is 61.0 Å².